The number of nitrogens with zero attached hydrogens (tertiary/aromatic N) is 1. The summed E-state index contributed by atoms with van der Waals surface area (Å²) in [4.78, 5) is 28.8. The minimum absolute atomic E-state index is 0.0549. The Kier molecular flexibility index (Phi) is 8.20. The summed E-state index contributed by atoms with van der Waals surface area (Å²) < 4.78 is 5.31. The van der Waals surface area contributed by atoms with Crippen molar-refractivity contribution in [2.75, 3.05) is 12.9 Å². The van der Waals surface area contributed by atoms with E-state index >= 15 is 0 Å². The van der Waals surface area contributed by atoms with Crippen LogP contribution in [0.15, 0.2) is 59.5 Å². The topological polar surface area (TPSA) is 58.6 Å². The van der Waals surface area contributed by atoms with Crippen molar-refractivity contribution in [1.29, 1.82) is 0 Å². The van der Waals surface area contributed by atoms with Gasteiger partial charge in [-0.3, -0.25) is 9.59 Å². The molecule has 1 aliphatic rings. The average molecular weight is 427 g/mol. The van der Waals surface area contributed by atoms with E-state index in [1.54, 1.807) is 12.0 Å². The summed E-state index contributed by atoms with van der Waals surface area (Å²) in [5.74, 6) is 0.889. The molecule has 160 valence electrons. The van der Waals surface area contributed by atoms with Crippen molar-refractivity contribution in [3.05, 3.63) is 60.2 Å². The Hall–Kier alpha value is -2.47. The average Bonchev–Trinajstić information content (AvgIpc) is 3.29. The lowest BCUT2D eigenvalue weighted by Gasteiger charge is -2.29. The van der Waals surface area contributed by atoms with Gasteiger partial charge in [0.1, 0.15) is 11.8 Å². The highest BCUT2D eigenvalue weighted by molar-refractivity contribution is 8.00. The lowest BCUT2D eigenvalue weighted by molar-refractivity contribution is -0.138. The van der Waals surface area contributed by atoms with Crippen molar-refractivity contribution >= 4 is 23.6 Å². The summed E-state index contributed by atoms with van der Waals surface area (Å²) in [6.45, 7) is 2.18. The number of hydrogen-bond acceptors (Lipinski definition) is 4. The third-order valence-corrected chi connectivity index (χ3v) is 6.46. The molecule has 0 radical (unpaired) electrons. The molecule has 2 aromatic carbocycles. The van der Waals surface area contributed by atoms with Crippen LogP contribution in [0.25, 0.3) is 0 Å². The van der Waals surface area contributed by atoms with Gasteiger partial charge in [-0.05, 0) is 49.6 Å². The van der Waals surface area contributed by atoms with E-state index in [1.807, 2.05) is 61.5 Å². The van der Waals surface area contributed by atoms with E-state index in [0.29, 0.717) is 6.54 Å². The van der Waals surface area contributed by atoms with Crippen molar-refractivity contribution < 1.29 is 14.3 Å². The molecule has 1 saturated carbocycles. The molecule has 2 aromatic rings. The molecule has 0 bridgehead atoms. The Morgan fingerprint density at radius 1 is 1.13 bits per heavy atom. The van der Waals surface area contributed by atoms with Gasteiger partial charge in [-0.2, -0.15) is 0 Å². The molecule has 0 saturated heterocycles. The monoisotopic (exact) mass is 426 g/mol. The number of rotatable bonds is 9. The molecule has 1 fully saturated rings. The van der Waals surface area contributed by atoms with Gasteiger partial charge in [0, 0.05) is 17.5 Å². The fraction of sp³-hybridized carbons (Fsp3) is 0.417. The Morgan fingerprint density at radius 2 is 1.87 bits per heavy atom. The molecule has 0 heterocycles. The predicted molar refractivity (Wildman–Crippen MR) is 121 cm³/mol. The van der Waals surface area contributed by atoms with Gasteiger partial charge < -0.3 is 15.0 Å². The zero-order valence-electron chi connectivity index (χ0n) is 17.7. The fourth-order valence-electron chi connectivity index (χ4n) is 3.69. The zero-order chi connectivity index (χ0) is 21.3. The van der Waals surface area contributed by atoms with E-state index in [4.69, 9.17) is 4.74 Å². The molecule has 30 heavy (non-hydrogen) atoms. The van der Waals surface area contributed by atoms with Crippen LogP contribution < -0.4 is 10.1 Å². The van der Waals surface area contributed by atoms with Crippen molar-refractivity contribution in [1.82, 2.24) is 10.2 Å². The van der Waals surface area contributed by atoms with Gasteiger partial charge in [-0.25, -0.2) is 0 Å². The Bertz CT molecular complexity index is 837. The molecule has 0 aliphatic heterocycles. The first-order valence-corrected chi connectivity index (χ1v) is 11.5. The van der Waals surface area contributed by atoms with Crippen LogP contribution in [0.3, 0.4) is 0 Å². The van der Waals surface area contributed by atoms with Crippen LogP contribution in [0.5, 0.6) is 5.75 Å². The summed E-state index contributed by atoms with van der Waals surface area (Å²) in [5, 5.41) is 3.13. The summed E-state index contributed by atoms with van der Waals surface area (Å²) in [6.07, 6.45) is 4.34. The standard InChI is InChI=1S/C24H30N2O3S/c1-18(24(28)25-20-10-6-7-11-20)26(16-19-9-8-12-21(15-19)29-2)23(27)17-30-22-13-4-3-5-14-22/h3-5,8-9,12-15,18,20H,6-7,10-11,16-17H2,1-2H3,(H,25,28). The molecule has 1 N–H and O–H groups in total. The smallest absolute Gasteiger partial charge is 0.242 e. The molecular weight excluding hydrogens is 396 g/mol. The van der Waals surface area contributed by atoms with Crippen molar-refractivity contribution in [2.45, 2.75) is 56.1 Å². The van der Waals surface area contributed by atoms with Crippen LogP contribution in [0.2, 0.25) is 0 Å². The number of hydrogen-bond donors (Lipinski definition) is 1. The van der Waals surface area contributed by atoms with Crippen LogP contribution in [0.4, 0.5) is 0 Å². The van der Waals surface area contributed by atoms with E-state index in [0.717, 1.165) is 41.9 Å². The highest BCUT2D eigenvalue weighted by Crippen LogP contribution is 2.22. The number of carbonyl (C=O) groups excluding carboxylic acids is 2. The van der Waals surface area contributed by atoms with E-state index < -0.39 is 6.04 Å². The lowest BCUT2D eigenvalue weighted by atomic mass is 10.1. The Labute approximate surface area is 183 Å². The van der Waals surface area contributed by atoms with Gasteiger partial charge in [-0.15, -0.1) is 11.8 Å². The number of ether oxygens (including phenoxy) is 1. The molecule has 2 amide bonds. The summed E-state index contributed by atoms with van der Waals surface area (Å²) >= 11 is 1.49. The van der Waals surface area contributed by atoms with Crippen molar-refractivity contribution in [2.24, 2.45) is 0 Å². The van der Waals surface area contributed by atoms with Crippen LogP contribution >= 0.6 is 11.8 Å². The first-order chi connectivity index (χ1) is 14.6. The summed E-state index contributed by atoms with van der Waals surface area (Å²) in [5.41, 5.74) is 0.938. The third-order valence-electron chi connectivity index (χ3n) is 5.46. The van der Waals surface area contributed by atoms with Gasteiger partial charge in [0.2, 0.25) is 11.8 Å². The minimum Gasteiger partial charge on any atom is -0.497 e. The molecule has 0 aromatic heterocycles. The highest BCUT2D eigenvalue weighted by Gasteiger charge is 2.28. The molecule has 1 unspecified atom stereocenters. The first-order valence-electron chi connectivity index (χ1n) is 10.5. The van der Waals surface area contributed by atoms with Crippen molar-refractivity contribution in [3.63, 3.8) is 0 Å². The molecular formula is C24H30N2O3S. The van der Waals surface area contributed by atoms with Gasteiger partial charge in [0.15, 0.2) is 0 Å². The van der Waals surface area contributed by atoms with Crippen molar-refractivity contribution in [3.8, 4) is 5.75 Å². The second-order valence-corrected chi connectivity index (χ2v) is 8.69. The van der Waals surface area contributed by atoms with Crippen LogP contribution in [-0.4, -0.2) is 41.7 Å². The maximum atomic E-state index is 13.2. The normalized spacial score (nSPS) is 14.9. The number of benzene rings is 2. The lowest BCUT2D eigenvalue weighted by Crippen LogP contribution is -2.50. The summed E-state index contributed by atoms with van der Waals surface area (Å²) in [7, 11) is 1.62. The number of nitrogens with one attached hydrogen (secondary N) is 1. The maximum Gasteiger partial charge on any atom is 0.242 e. The molecule has 0 spiro atoms. The second kappa shape index (κ2) is 11.1. The number of thioether (sulfide) groups is 1. The largest absolute Gasteiger partial charge is 0.497 e. The predicted octanol–water partition coefficient (Wildman–Crippen LogP) is 4.26. The van der Waals surface area contributed by atoms with Crippen LogP contribution in [-0.2, 0) is 16.1 Å². The van der Waals surface area contributed by atoms with Gasteiger partial charge in [0.25, 0.3) is 0 Å². The third kappa shape index (κ3) is 6.26. The molecule has 5 nitrogen and oxygen atoms in total. The SMILES string of the molecule is COc1cccc(CN(C(=O)CSc2ccccc2)C(C)C(=O)NC2CCCC2)c1. The Balaban J connectivity index is 1.72. The van der Waals surface area contributed by atoms with E-state index in [9.17, 15) is 9.59 Å². The van der Waals surface area contributed by atoms with Gasteiger partial charge >= 0.3 is 0 Å². The van der Waals surface area contributed by atoms with Gasteiger partial charge in [0.05, 0.1) is 12.9 Å². The minimum atomic E-state index is -0.541. The molecule has 1 aliphatic carbocycles. The number of methoxy groups -OCH3 is 1. The van der Waals surface area contributed by atoms with Crippen LogP contribution in [0.1, 0.15) is 38.2 Å². The quantitative estimate of drug-likeness (QED) is 0.609. The maximum absolute atomic E-state index is 13.2. The van der Waals surface area contributed by atoms with Gasteiger partial charge in [-0.1, -0.05) is 43.2 Å². The van der Waals surface area contributed by atoms with E-state index in [1.165, 1.54) is 11.8 Å². The van der Waals surface area contributed by atoms with E-state index in [2.05, 4.69) is 5.32 Å². The van der Waals surface area contributed by atoms with Crippen LogP contribution in [0, 0.1) is 0 Å². The highest BCUT2D eigenvalue weighted by atomic mass is 32.2. The molecule has 1 atom stereocenters. The molecule has 3 rings (SSSR count). The summed E-state index contributed by atoms with van der Waals surface area (Å²) in [6, 6.07) is 17.2. The van der Waals surface area contributed by atoms with E-state index in [-0.39, 0.29) is 23.6 Å². The number of carbonyl (C=O) groups is 2. The zero-order valence-corrected chi connectivity index (χ0v) is 18.5. The number of amides is 2. The Morgan fingerprint density at radius 3 is 2.57 bits per heavy atom. The molecule has 6 heteroatoms. The second-order valence-electron chi connectivity index (χ2n) is 7.64. The fourth-order valence-corrected chi connectivity index (χ4v) is 4.49. The first kappa shape index (κ1) is 22.2.